The molecule has 9 nitrogen and oxygen atoms in total. The first-order valence-corrected chi connectivity index (χ1v) is 9.79. The van der Waals surface area contributed by atoms with Crippen LogP contribution in [-0.2, 0) is 10.4 Å². The minimum absolute atomic E-state index is 0.326. The van der Waals surface area contributed by atoms with E-state index in [1.165, 1.54) is 0 Å². The Balaban J connectivity index is 1.63. The number of nitrogens with one attached hydrogen (secondary N) is 1. The minimum Gasteiger partial charge on any atom is -0.386 e. The van der Waals surface area contributed by atoms with Gasteiger partial charge in [-0.1, -0.05) is 12.1 Å². The van der Waals surface area contributed by atoms with Crippen LogP contribution in [0.4, 0.5) is 11.6 Å². The van der Waals surface area contributed by atoms with Crippen molar-refractivity contribution in [3.8, 4) is 0 Å². The maximum Gasteiger partial charge on any atom is 0.256 e. The van der Waals surface area contributed by atoms with Crippen molar-refractivity contribution in [1.82, 2.24) is 14.6 Å². The summed E-state index contributed by atoms with van der Waals surface area (Å²) in [7, 11) is 0. The number of nitrogens with zero attached hydrogens (tertiary/aromatic N) is 4. The predicted octanol–water partition coefficient (Wildman–Crippen LogP) is 1.66. The third-order valence-corrected chi connectivity index (χ3v) is 5.31. The molecule has 0 spiro atoms. The molecule has 4 rings (SSSR count). The molecule has 1 aliphatic rings. The van der Waals surface area contributed by atoms with Crippen LogP contribution in [0.15, 0.2) is 42.6 Å². The number of hydrogen-bond acceptors (Lipinski definition) is 6. The van der Waals surface area contributed by atoms with Gasteiger partial charge in [0.1, 0.15) is 17.7 Å². The zero-order valence-corrected chi connectivity index (χ0v) is 16.9. The molecule has 4 N–H and O–H groups in total. The molecule has 3 heterocycles. The Labute approximate surface area is 173 Å². The molecule has 156 valence electrons. The molecule has 0 aliphatic carbocycles. The largest absolute Gasteiger partial charge is 0.386 e. The Morgan fingerprint density at radius 1 is 1.23 bits per heavy atom. The maximum atomic E-state index is 12.7. The van der Waals surface area contributed by atoms with E-state index in [0.29, 0.717) is 41.4 Å². The highest BCUT2D eigenvalue weighted by Gasteiger charge is 2.31. The molecule has 1 saturated heterocycles. The molecule has 2 aromatic heterocycles. The molecular weight excluding hydrogens is 384 g/mol. The van der Waals surface area contributed by atoms with Crippen molar-refractivity contribution in [2.45, 2.75) is 38.3 Å². The van der Waals surface area contributed by atoms with Gasteiger partial charge in [0.25, 0.3) is 5.91 Å². The Hall–Kier alpha value is -3.46. The zero-order chi connectivity index (χ0) is 21.5. The lowest BCUT2D eigenvalue weighted by Gasteiger charge is -2.25. The van der Waals surface area contributed by atoms with Gasteiger partial charge >= 0.3 is 0 Å². The second-order valence-corrected chi connectivity index (χ2v) is 7.95. The summed E-state index contributed by atoms with van der Waals surface area (Å²) in [6.07, 6.45) is 3.13. The summed E-state index contributed by atoms with van der Waals surface area (Å²) in [6, 6.07) is 9.76. The van der Waals surface area contributed by atoms with Gasteiger partial charge in [-0.25, -0.2) is 4.98 Å². The first kappa shape index (κ1) is 19.8. The standard InChI is InChI=1S/C21H24N6O3/c1-21(2,30)14-7-5-13(6-8-14)20(29)25-16-12-18(27-17(24-16)9-10-23-27)26-11-3-4-15(26)19(22)28/h5-10,12,15,30H,3-4,11H2,1-2H3,(H2,22,28)(H,24,25,29)/t15-/m0/s1. The van der Waals surface area contributed by atoms with Crippen LogP contribution in [0, 0.1) is 0 Å². The molecule has 30 heavy (non-hydrogen) atoms. The van der Waals surface area contributed by atoms with Crippen LogP contribution < -0.4 is 16.0 Å². The number of aliphatic hydroxyl groups is 1. The van der Waals surface area contributed by atoms with E-state index in [9.17, 15) is 14.7 Å². The van der Waals surface area contributed by atoms with E-state index >= 15 is 0 Å². The second-order valence-electron chi connectivity index (χ2n) is 7.95. The molecule has 1 atom stereocenters. The topological polar surface area (TPSA) is 126 Å². The van der Waals surface area contributed by atoms with Gasteiger partial charge in [-0.15, -0.1) is 0 Å². The molecule has 1 aromatic carbocycles. The summed E-state index contributed by atoms with van der Waals surface area (Å²) in [5, 5.41) is 17.2. The van der Waals surface area contributed by atoms with Crippen molar-refractivity contribution in [3.63, 3.8) is 0 Å². The summed E-state index contributed by atoms with van der Waals surface area (Å²) in [5.41, 5.74) is 6.29. The molecule has 3 aromatic rings. The number of aromatic nitrogens is 3. The molecular formula is C21H24N6O3. The lowest BCUT2D eigenvalue weighted by molar-refractivity contribution is -0.119. The number of fused-ring (bicyclic) bond motifs is 1. The third kappa shape index (κ3) is 3.71. The van der Waals surface area contributed by atoms with E-state index in [1.54, 1.807) is 61.0 Å². The lowest BCUT2D eigenvalue weighted by Crippen LogP contribution is -2.41. The first-order valence-electron chi connectivity index (χ1n) is 9.79. The lowest BCUT2D eigenvalue weighted by atomic mass is 9.97. The summed E-state index contributed by atoms with van der Waals surface area (Å²) in [4.78, 5) is 30.9. The number of nitrogens with two attached hydrogens (primary N) is 1. The number of primary amides is 1. The van der Waals surface area contributed by atoms with Crippen LogP contribution in [0.5, 0.6) is 0 Å². The number of hydrogen-bond donors (Lipinski definition) is 3. The van der Waals surface area contributed by atoms with Gasteiger partial charge in [-0.3, -0.25) is 9.59 Å². The van der Waals surface area contributed by atoms with Crippen LogP contribution in [-0.4, -0.2) is 44.1 Å². The molecule has 0 unspecified atom stereocenters. The number of rotatable bonds is 5. The summed E-state index contributed by atoms with van der Waals surface area (Å²) in [5.74, 6) is 0.290. The molecule has 0 radical (unpaired) electrons. The summed E-state index contributed by atoms with van der Waals surface area (Å²) in [6.45, 7) is 4.04. The van der Waals surface area contributed by atoms with Crippen molar-refractivity contribution in [3.05, 3.63) is 53.7 Å². The number of carbonyl (C=O) groups is 2. The fourth-order valence-electron chi connectivity index (χ4n) is 3.72. The fraction of sp³-hybridized carbons (Fsp3) is 0.333. The van der Waals surface area contributed by atoms with E-state index < -0.39 is 11.6 Å². The van der Waals surface area contributed by atoms with Crippen LogP contribution in [0.3, 0.4) is 0 Å². The first-order chi connectivity index (χ1) is 14.2. The van der Waals surface area contributed by atoms with E-state index in [4.69, 9.17) is 5.73 Å². The fourth-order valence-corrected chi connectivity index (χ4v) is 3.72. The van der Waals surface area contributed by atoms with Gasteiger partial charge in [-0.05, 0) is 44.4 Å². The van der Waals surface area contributed by atoms with Crippen molar-refractivity contribution >= 4 is 29.1 Å². The molecule has 0 saturated carbocycles. The van der Waals surface area contributed by atoms with E-state index in [0.717, 1.165) is 6.42 Å². The van der Waals surface area contributed by atoms with E-state index in [1.807, 2.05) is 4.90 Å². The molecule has 1 aliphatic heterocycles. The molecule has 1 fully saturated rings. The van der Waals surface area contributed by atoms with Gasteiger partial charge in [0.15, 0.2) is 5.65 Å². The van der Waals surface area contributed by atoms with Crippen molar-refractivity contribution < 1.29 is 14.7 Å². The van der Waals surface area contributed by atoms with Gasteiger partial charge < -0.3 is 21.1 Å². The highest BCUT2D eigenvalue weighted by Crippen LogP contribution is 2.28. The summed E-state index contributed by atoms with van der Waals surface area (Å²) < 4.78 is 1.63. The van der Waals surface area contributed by atoms with E-state index in [2.05, 4.69) is 15.4 Å². The number of amides is 2. The van der Waals surface area contributed by atoms with Gasteiger partial charge in [0, 0.05) is 24.2 Å². The van der Waals surface area contributed by atoms with Gasteiger partial charge in [-0.2, -0.15) is 9.61 Å². The molecule has 2 amide bonds. The van der Waals surface area contributed by atoms with Crippen LogP contribution in [0.25, 0.3) is 5.65 Å². The number of carbonyl (C=O) groups excluding carboxylic acids is 2. The monoisotopic (exact) mass is 408 g/mol. The van der Waals surface area contributed by atoms with Crippen molar-refractivity contribution in [2.75, 3.05) is 16.8 Å². The van der Waals surface area contributed by atoms with Crippen LogP contribution in [0.2, 0.25) is 0 Å². The Bertz CT molecular complexity index is 1100. The Morgan fingerprint density at radius 3 is 2.63 bits per heavy atom. The van der Waals surface area contributed by atoms with Crippen molar-refractivity contribution in [1.29, 1.82) is 0 Å². The van der Waals surface area contributed by atoms with Gasteiger partial charge in [0.2, 0.25) is 5.91 Å². The number of benzene rings is 1. The average molecular weight is 408 g/mol. The smallest absolute Gasteiger partial charge is 0.256 e. The third-order valence-electron chi connectivity index (χ3n) is 5.31. The van der Waals surface area contributed by atoms with Crippen molar-refractivity contribution in [2.24, 2.45) is 5.73 Å². The zero-order valence-electron chi connectivity index (χ0n) is 16.9. The summed E-state index contributed by atoms with van der Waals surface area (Å²) >= 11 is 0. The highest BCUT2D eigenvalue weighted by molar-refractivity contribution is 6.04. The normalized spacial score (nSPS) is 16.8. The second kappa shape index (κ2) is 7.42. The molecule has 9 heteroatoms. The quantitative estimate of drug-likeness (QED) is 0.589. The maximum absolute atomic E-state index is 12.7. The SMILES string of the molecule is CC(C)(O)c1ccc(C(=O)Nc2cc(N3CCC[C@H]3C(N)=O)n3nccc3n2)cc1. The average Bonchev–Trinajstić information content (AvgIpc) is 3.36. The van der Waals surface area contributed by atoms with Crippen LogP contribution >= 0.6 is 0 Å². The molecule has 0 bridgehead atoms. The Morgan fingerprint density at radius 2 is 1.97 bits per heavy atom. The minimum atomic E-state index is -0.981. The number of anilines is 2. The Kier molecular flexibility index (Phi) is 4.90. The van der Waals surface area contributed by atoms with Gasteiger partial charge in [0.05, 0.1) is 11.8 Å². The van der Waals surface area contributed by atoms with Crippen LogP contribution in [0.1, 0.15) is 42.6 Å². The predicted molar refractivity (Wildman–Crippen MR) is 112 cm³/mol. The van der Waals surface area contributed by atoms with E-state index in [-0.39, 0.29) is 11.8 Å². The highest BCUT2D eigenvalue weighted by atomic mass is 16.3.